The summed E-state index contributed by atoms with van der Waals surface area (Å²) in [5, 5.41) is 11.2. The summed E-state index contributed by atoms with van der Waals surface area (Å²) in [6.45, 7) is 1.97. The molecule has 4 nitrogen and oxygen atoms in total. The van der Waals surface area contributed by atoms with Crippen molar-refractivity contribution in [3.63, 3.8) is 0 Å². The largest absolute Gasteiger partial charge is 0.411 e. The van der Waals surface area contributed by atoms with Crippen molar-refractivity contribution >= 4 is 11.9 Å². The lowest BCUT2D eigenvalue weighted by Crippen LogP contribution is -2.00. The molecule has 1 heterocycles. The van der Waals surface area contributed by atoms with Gasteiger partial charge in [-0.15, -0.1) is 0 Å². The Hall–Kier alpha value is -1.58. The van der Waals surface area contributed by atoms with E-state index < -0.39 is 0 Å². The van der Waals surface area contributed by atoms with Crippen LogP contribution < -0.4 is 5.73 Å². The minimum absolute atomic E-state index is 0.581. The van der Waals surface area contributed by atoms with Crippen LogP contribution in [-0.4, -0.2) is 16.4 Å². The summed E-state index contributed by atoms with van der Waals surface area (Å²) in [5.74, 6) is 0. The van der Waals surface area contributed by atoms with E-state index in [1.165, 1.54) is 6.21 Å². The molecule has 4 heteroatoms. The number of hydrogen-bond donors (Lipinski definition) is 2. The first-order chi connectivity index (χ1) is 5.79. The second-order valence-electron chi connectivity index (χ2n) is 2.36. The highest BCUT2D eigenvalue weighted by atomic mass is 16.4. The van der Waals surface area contributed by atoms with Crippen molar-refractivity contribution in [3.8, 4) is 0 Å². The predicted molar refractivity (Wildman–Crippen MR) is 47.4 cm³/mol. The Bertz CT molecular complexity index is 296. The Morgan fingerprint density at radius 2 is 2.50 bits per heavy atom. The molecule has 1 aromatic rings. The number of nitrogen functional groups attached to an aromatic ring is 1. The van der Waals surface area contributed by atoms with E-state index in [1.54, 1.807) is 12.3 Å². The maximum Gasteiger partial charge on any atom is 0.0755 e. The van der Waals surface area contributed by atoms with Gasteiger partial charge in [0, 0.05) is 11.8 Å². The third-order valence-electron chi connectivity index (χ3n) is 1.64. The summed E-state index contributed by atoms with van der Waals surface area (Å²) in [6, 6.07) is 1.70. The van der Waals surface area contributed by atoms with Crippen LogP contribution >= 0.6 is 0 Å². The third kappa shape index (κ3) is 1.53. The fourth-order valence-electron chi connectivity index (χ4n) is 0.990. The van der Waals surface area contributed by atoms with E-state index in [-0.39, 0.29) is 0 Å². The van der Waals surface area contributed by atoms with Crippen molar-refractivity contribution in [2.45, 2.75) is 13.3 Å². The second kappa shape index (κ2) is 3.71. The van der Waals surface area contributed by atoms with Gasteiger partial charge in [0.25, 0.3) is 0 Å². The minimum Gasteiger partial charge on any atom is -0.411 e. The number of rotatable bonds is 2. The number of aromatic nitrogens is 1. The number of hydrogen-bond acceptors (Lipinski definition) is 4. The highest BCUT2D eigenvalue weighted by Crippen LogP contribution is 2.13. The van der Waals surface area contributed by atoms with Crippen molar-refractivity contribution in [1.29, 1.82) is 0 Å². The molecule has 1 rings (SSSR count). The van der Waals surface area contributed by atoms with Crippen LogP contribution in [0.3, 0.4) is 0 Å². The normalized spacial score (nSPS) is 10.8. The van der Waals surface area contributed by atoms with E-state index in [1.807, 2.05) is 6.92 Å². The minimum atomic E-state index is 0.581. The second-order valence-corrected chi connectivity index (χ2v) is 2.36. The third-order valence-corrected chi connectivity index (χ3v) is 1.64. The van der Waals surface area contributed by atoms with Crippen LogP contribution in [0.25, 0.3) is 0 Å². The van der Waals surface area contributed by atoms with Gasteiger partial charge in [0.2, 0.25) is 0 Å². The predicted octanol–water partition coefficient (Wildman–Crippen LogP) is 1.03. The van der Waals surface area contributed by atoms with Crippen LogP contribution in [0.15, 0.2) is 17.4 Å². The summed E-state index contributed by atoms with van der Waals surface area (Å²) in [6.07, 6.45) is 3.72. The summed E-state index contributed by atoms with van der Waals surface area (Å²) < 4.78 is 0. The highest BCUT2D eigenvalue weighted by molar-refractivity contribution is 5.86. The molecule has 0 radical (unpaired) electrons. The van der Waals surface area contributed by atoms with Gasteiger partial charge in [0.1, 0.15) is 0 Å². The molecular formula is C8H11N3O. The number of nitrogens with zero attached hydrogens (tertiary/aromatic N) is 2. The van der Waals surface area contributed by atoms with E-state index >= 15 is 0 Å². The van der Waals surface area contributed by atoms with E-state index in [0.717, 1.165) is 12.1 Å². The van der Waals surface area contributed by atoms with Crippen LogP contribution in [0.5, 0.6) is 0 Å². The van der Waals surface area contributed by atoms with Gasteiger partial charge in [-0.05, 0) is 12.5 Å². The highest BCUT2D eigenvalue weighted by Gasteiger charge is 2.01. The lowest BCUT2D eigenvalue weighted by atomic mass is 10.1. The quantitative estimate of drug-likeness (QED) is 0.390. The molecule has 3 N–H and O–H groups in total. The fourth-order valence-corrected chi connectivity index (χ4v) is 0.990. The molecule has 0 amide bonds. The molecule has 0 aliphatic carbocycles. The zero-order valence-electron chi connectivity index (χ0n) is 6.86. The van der Waals surface area contributed by atoms with Gasteiger partial charge in [-0.1, -0.05) is 12.1 Å². The molecule has 0 aliphatic rings. The van der Waals surface area contributed by atoms with Crippen LogP contribution in [0.2, 0.25) is 0 Å². The van der Waals surface area contributed by atoms with Gasteiger partial charge in [-0.2, -0.15) is 0 Å². The molecule has 0 fully saturated rings. The number of pyridine rings is 1. The van der Waals surface area contributed by atoms with E-state index in [2.05, 4.69) is 10.1 Å². The average Bonchev–Trinajstić information content (AvgIpc) is 2.09. The lowest BCUT2D eigenvalue weighted by Gasteiger charge is -2.03. The van der Waals surface area contributed by atoms with Gasteiger partial charge in [-0.25, -0.2) is 0 Å². The molecule has 64 valence electrons. The monoisotopic (exact) mass is 165 g/mol. The first kappa shape index (κ1) is 8.52. The van der Waals surface area contributed by atoms with Gasteiger partial charge in [0.15, 0.2) is 0 Å². The fraction of sp³-hybridized carbons (Fsp3) is 0.250. The molecule has 1 aromatic heterocycles. The van der Waals surface area contributed by atoms with Crippen molar-refractivity contribution in [2.75, 3.05) is 5.73 Å². The Morgan fingerprint density at radius 1 is 1.75 bits per heavy atom. The molecule has 0 saturated heterocycles. The van der Waals surface area contributed by atoms with Crippen molar-refractivity contribution in [3.05, 3.63) is 23.5 Å². The molecule has 0 aliphatic heterocycles. The summed E-state index contributed by atoms with van der Waals surface area (Å²) in [4.78, 5) is 4.07. The number of anilines is 1. The molecule has 0 bridgehead atoms. The molecular weight excluding hydrogens is 154 g/mol. The molecule has 0 unspecified atom stereocenters. The molecule has 0 spiro atoms. The summed E-state index contributed by atoms with van der Waals surface area (Å²) in [7, 11) is 0. The topological polar surface area (TPSA) is 71.5 Å². The number of nitrogens with two attached hydrogens (primary N) is 1. The molecule has 0 saturated carbocycles. The van der Waals surface area contributed by atoms with Crippen LogP contribution in [-0.2, 0) is 6.42 Å². The summed E-state index contributed by atoms with van der Waals surface area (Å²) in [5.41, 5.74) is 7.82. The van der Waals surface area contributed by atoms with Gasteiger partial charge < -0.3 is 10.9 Å². The zero-order chi connectivity index (χ0) is 8.97. The van der Waals surface area contributed by atoms with E-state index in [4.69, 9.17) is 10.9 Å². The van der Waals surface area contributed by atoms with E-state index in [0.29, 0.717) is 11.3 Å². The van der Waals surface area contributed by atoms with Crippen LogP contribution in [0, 0.1) is 0 Å². The van der Waals surface area contributed by atoms with Crippen molar-refractivity contribution < 1.29 is 5.21 Å². The summed E-state index contributed by atoms with van der Waals surface area (Å²) >= 11 is 0. The molecule has 0 atom stereocenters. The maximum atomic E-state index is 8.30. The Morgan fingerprint density at radius 3 is 3.08 bits per heavy atom. The SMILES string of the molecule is CCc1nccc(/C=N/O)c1N. The average molecular weight is 165 g/mol. The number of oxime groups is 1. The maximum absolute atomic E-state index is 8.30. The molecule has 12 heavy (non-hydrogen) atoms. The Kier molecular flexibility index (Phi) is 2.63. The Balaban J connectivity index is 3.13. The standard InChI is InChI=1S/C8H11N3O/c1-2-7-8(9)6(5-11-12)3-4-10-7/h3-5,12H,2,9H2,1H3/b11-5+. The van der Waals surface area contributed by atoms with Gasteiger partial charge in [0.05, 0.1) is 17.6 Å². The van der Waals surface area contributed by atoms with Gasteiger partial charge >= 0.3 is 0 Å². The van der Waals surface area contributed by atoms with Crippen LogP contribution in [0.4, 0.5) is 5.69 Å². The number of aryl methyl sites for hydroxylation is 1. The van der Waals surface area contributed by atoms with E-state index in [9.17, 15) is 0 Å². The molecule has 0 aromatic carbocycles. The smallest absolute Gasteiger partial charge is 0.0755 e. The van der Waals surface area contributed by atoms with Crippen LogP contribution in [0.1, 0.15) is 18.2 Å². The van der Waals surface area contributed by atoms with Crippen molar-refractivity contribution in [1.82, 2.24) is 4.98 Å². The first-order valence-corrected chi connectivity index (χ1v) is 3.70. The van der Waals surface area contributed by atoms with Gasteiger partial charge in [-0.3, -0.25) is 4.98 Å². The first-order valence-electron chi connectivity index (χ1n) is 3.70. The lowest BCUT2D eigenvalue weighted by molar-refractivity contribution is 0.322. The van der Waals surface area contributed by atoms with Crippen molar-refractivity contribution in [2.24, 2.45) is 5.16 Å². The Labute approximate surface area is 70.7 Å². The zero-order valence-corrected chi connectivity index (χ0v) is 6.86.